The highest BCUT2D eigenvalue weighted by Crippen LogP contribution is 2.28. The fourth-order valence-electron chi connectivity index (χ4n) is 5.26. The summed E-state index contributed by atoms with van der Waals surface area (Å²) in [5, 5.41) is 13.0. The number of hydrogen-bond donors (Lipinski definition) is 2. The Morgan fingerprint density at radius 3 is 2.00 bits per heavy atom. The Morgan fingerprint density at radius 1 is 0.902 bits per heavy atom. The molecule has 1 fully saturated rings. The smallest absolute Gasteiger partial charge is 0.338 e. The third kappa shape index (κ3) is 13.7. The summed E-state index contributed by atoms with van der Waals surface area (Å²) in [5.74, 6) is -0.891. The van der Waals surface area contributed by atoms with Gasteiger partial charge in [-0.1, -0.05) is 95.8 Å². The summed E-state index contributed by atoms with van der Waals surface area (Å²) in [7, 11) is 1.52. The van der Waals surface area contributed by atoms with E-state index in [1.807, 2.05) is 13.0 Å². The first-order valence-corrected chi connectivity index (χ1v) is 15.7. The van der Waals surface area contributed by atoms with E-state index in [4.69, 9.17) is 18.9 Å². The van der Waals surface area contributed by atoms with E-state index in [0.717, 1.165) is 12.8 Å². The van der Waals surface area contributed by atoms with Gasteiger partial charge in [0.25, 0.3) is 0 Å². The van der Waals surface area contributed by atoms with Gasteiger partial charge in [0.1, 0.15) is 6.10 Å². The minimum atomic E-state index is -1.18. The lowest BCUT2D eigenvalue weighted by atomic mass is 9.95. The number of benzene rings is 1. The lowest BCUT2D eigenvalue weighted by Crippen LogP contribution is -2.65. The predicted octanol–water partition coefficient (Wildman–Crippen LogP) is 6.34. The summed E-state index contributed by atoms with van der Waals surface area (Å²) in [6.07, 6.45) is 12.2. The fourth-order valence-corrected chi connectivity index (χ4v) is 5.26. The summed E-state index contributed by atoms with van der Waals surface area (Å²) in [6, 6.07) is 8.02. The van der Waals surface area contributed by atoms with Crippen molar-refractivity contribution in [3.63, 3.8) is 0 Å². The molecule has 0 radical (unpaired) electrons. The molecule has 1 aliphatic heterocycles. The molecule has 2 rings (SSSR count). The Hall–Kier alpha value is -2.00. The number of nitrogens with one attached hydrogen (secondary N) is 1. The molecule has 1 saturated heterocycles. The van der Waals surface area contributed by atoms with Gasteiger partial charge in [0.05, 0.1) is 29.7 Å². The first-order chi connectivity index (χ1) is 19.7. The second-order valence-electron chi connectivity index (χ2n) is 12.0. The van der Waals surface area contributed by atoms with E-state index in [1.165, 1.54) is 71.3 Å². The maximum Gasteiger partial charge on any atom is 0.338 e. The molecule has 0 bridgehead atoms. The SMILES string of the molecule is CCCCCCCCCCCCCCO[C@@H]1O[C@H](C)[C@@H](NC(=O)CC(C)(C)O)[C@H](OC(=O)c2ccccc2)[C@H]1OC. The maximum atomic E-state index is 13.0. The van der Waals surface area contributed by atoms with Crippen molar-refractivity contribution in [1.82, 2.24) is 5.32 Å². The van der Waals surface area contributed by atoms with Crippen molar-refractivity contribution in [2.45, 2.75) is 147 Å². The molecule has 0 unspecified atom stereocenters. The highest BCUT2D eigenvalue weighted by molar-refractivity contribution is 5.89. The maximum absolute atomic E-state index is 13.0. The van der Waals surface area contributed by atoms with Crippen LogP contribution in [-0.4, -0.2) is 66.9 Å². The summed E-state index contributed by atoms with van der Waals surface area (Å²) < 4.78 is 23.9. The van der Waals surface area contributed by atoms with Gasteiger partial charge < -0.3 is 29.4 Å². The average molecular weight is 578 g/mol. The number of esters is 1. The van der Waals surface area contributed by atoms with Gasteiger partial charge in [-0.25, -0.2) is 4.79 Å². The van der Waals surface area contributed by atoms with Crippen molar-refractivity contribution in [2.24, 2.45) is 0 Å². The molecule has 1 aromatic rings. The number of hydrogen-bond acceptors (Lipinski definition) is 7. The van der Waals surface area contributed by atoms with Gasteiger partial charge in [-0.05, 0) is 39.3 Å². The summed E-state index contributed by atoms with van der Waals surface area (Å²) in [6.45, 7) is 7.70. The topological polar surface area (TPSA) is 103 Å². The van der Waals surface area contributed by atoms with Gasteiger partial charge in [-0.2, -0.15) is 0 Å². The Labute approximate surface area is 247 Å². The number of aliphatic hydroxyl groups is 1. The van der Waals surface area contributed by atoms with Crippen LogP contribution in [0.4, 0.5) is 0 Å². The van der Waals surface area contributed by atoms with Gasteiger partial charge in [0.15, 0.2) is 12.4 Å². The molecule has 2 N–H and O–H groups in total. The van der Waals surface area contributed by atoms with Gasteiger partial charge in [0, 0.05) is 13.7 Å². The molecule has 1 aliphatic rings. The molecule has 1 aromatic carbocycles. The second-order valence-corrected chi connectivity index (χ2v) is 12.0. The molecule has 5 atom stereocenters. The normalized spacial score (nSPS) is 22.8. The van der Waals surface area contributed by atoms with Gasteiger partial charge in [-0.15, -0.1) is 0 Å². The molecular formula is C33H55NO7. The average Bonchev–Trinajstić information content (AvgIpc) is 2.92. The van der Waals surface area contributed by atoms with E-state index < -0.39 is 42.2 Å². The van der Waals surface area contributed by atoms with E-state index in [1.54, 1.807) is 38.1 Å². The number of methoxy groups -OCH3 is 1. The summed E-state index contributed by atoms with van der Waals surface area (Å²) in [5.41, 5.74) is -0.781. The zero-order valence-corrected chi connectivity index (χ0v) is 26.1. The van der Waals surface area contributed by atoms with Gasteiger partial charge >= 0.3 is 5.97 Å². The van der Waals surface area contributed by atoms with Crippen LogP contribution in [0.1, 0.15) is 122 Å². The van der Waals surface area contributed by atoms with Crippen LogP contribution in [0.5, 0.6) is 0 Å². The van der Waals surface area contributed by atoms with Crippen molar-refractivity contribution in [2.75, 3.05) is 13.7 Å². The molecule has 0 aliphatic carbocycles. The monoisotopic (exact) mass is 577 g/mol. The Morgan fingerprint density at radius 2 is 1.46 bits per heavy atom. The summed E-state index contributed by atoms with van der Waals surface area (Å²) in [4.78, 5) is 25.7. The zero-order valence-electron chi connectivity index (χ0n) is 26.1. The molecule has 8 nitrogen and oxygen atoms in total. The highest BCUT2D eigenvalue weighted by Gasteiger charge is 2.48. The molecule has 234 valence electrons. The van der Waals surface area contributed by atoms with E-state index in [0.29, 0.717) is 12.2 Å². The number of unbranched alkanes of at least 4 members (excludes halogenated alkanes) is 11. The van der Waals surface area contributed by atoms with Crippen LogP contribution in [0.2, 0.25) is 0 Å². The Kier molecular flexibility index (Phi) is 16.5. The lowest BCUT2D eigenvalue weighted by Gasteiger charge is -2.44. The largest absolute Gasteiger partial charge is 0.453 e. The third-order valence-electron chi connectivity index (χ3n) is 7.53. The van der Waals surface area contributed by atoms with Gasteiger partial charge in [0.2, 0.25) is 5.91 Å². The van der Waals surface area contributed by atoms with E-state index in [9.17, 15) is 14.7 Å². The van der Waals surface area contributed by atoms with Crippen molar-refractivity contribution >= 4 is 11.9 Å². The first kappa shape index (κ1) is 35.2. The van der Waals surface area contributed by atoms with Crippen molar-refractivity contribution in [1.29, 1.82) is 0 Å². The first-order valence-electron chi connectivity index (χ1n) is 15.7. The van der Waals surface area contributed by atoms with Crippen molar-refractivity contribution in [3.05, 3.63) is 35.9 Å². The quantitative estimate of drug-likeness (QED) is 0.138. The Balaban J connectivity index is 1.88. The van der Waals surface area contributed by atoms with Gasteiger partial charge in [-0.3, -0.25) is 4.79 Å². The third-order valence-corrected chi connectivity index (χ3v) is 7.53. The fraction of sp³-hybridized carbons (Fsp3) is 0.758. The van der Waals surface area contributed by atoms with Crippen LogP contribution in [0.15, 0.2) is 30.3 Å². The highest BCUT2D eigenvalue weighted by atomic mass is 16.7. The summed E-state index contributed by atoms with van der Waals surface area (Å²) >= 11 is 0. The van der Waals surface area contributed by atoms with Crippen LogP contribution in [-0.2, 0) is 23.7 Å². The minimum absolute atomic E-state index is 0.105. The molecular weight excluding hydrogens is 522 g/mol. The van der Waals surface area contributed by atoms with Crippen molar-refractivity contribution < 1.29 is 33.6 Å². The molecule has 0 aromatic heterocycles. The molecule has 1 amide bonds. The molecule has 0 spiro atoms. The number of rotatable bonds is 20. The lowest BCUT2D eigenvalue weighted by molar-refractivity contribution is -0.277. The van der Waals surface area contributed by atoms with Crippen LogP contribution < -0.4 is 5.32 Å². The molecule has 0 saturated carbocycles. The second kappa shape index (κ2) is 19.2. The number of carbonyl (C=O) groups is 2. The van der Waals surface area contributed by atoms with Crippen LogP contribution >= 0.6 is 0 Å². The van der Waals surface area contributed by atoms with E-state index in [-0.39, 0.29) is 12.3 Å². The number of ether oxygens (including phenoxy) is 4. The standard InChI is InChI=1S/C33H55NO7/c1-6-7-8-9-10-11-12-13-14-15-16-20-23-39-32-30(38-5)29(41-31(36)26-21-18-17-19-22-26)28(25(2)40-32)34-27(35)24-33(3,4)37/h17-19,21-22,25,28-30,32,37H,6-16,20,23-24H2,1-5H3,(H,34,35)/t25-,28-,29+,30-,32-/m1/s1. The number of amides is 1. The van der Waals surface area contributed by atoms with E-state index in [2.05, 4.69) is 12.2 Å². The van der Waals surface area contributed by atoms with Crippen LogP contribution in [0.3, 0.4) is 0 Å². The predicted molar refractivity (Wildman–Crippen MR) is 161 cm³/mol. The number of carbonyl (C=O) groups excluding carboxylic acids is 2. The van der Waals surface area contributed by atoms with Crippen LogP contribution in [0.25, 0.3) is 0 Å². The van der Waals surface area contributed by atoms with Crippen LogP contribution in [0, 0.1) is 0 Å². The van der Waals surface area contributed by atoms with Crippen molar-refractivity contribution in [3.8, 4) is 0 Å². The zero-order chi connectivity index (χ0) is 30.1. The molecule has 41 heavy (non-hydrogen) atoms. The molecule has 1 heterocycles. The molecule has 8 heteroatoms. The Bertz CT molecular complexity index is 857. The minimum Gasteiger partial charge on any atom is -0.453 e. The van der Waals surface area contributed by atoms with E-state index >= 15 is 0 Å².